The lowest BCUT2D eigenvalue weighted by Gasteiger charge is -2.11. The van der Waals surface area contributed by atoms with E-state index in [0.29, 0.717) is 0 Å². The Labute approximate surface area is 92.1 Å². The van der Waals surface area contributed by atoms with Crippen molar-refractivity contribution in [3.8, 4) is 0 Å². The van der Waals surface area contributed by atoms with Gasteiger partial charge in [-0.05, 0) is 0 Å². The lowest BCUT2D eigenvalue weighted by atomic mass is 10.3. The minimum atomic E-state index is -1.17. The van der Waals surface area contributed by atoms with Gasteiger partial charge in [0, 0.05) is 20.1 Å². The molecule has 0 aliphatic rings. The van der Waals surface area contributed by atoms with Gasteiger partial charge in [0.05, 0.1) is 6.54 Å². The standard InChI is InChI=1S/C8H15N3O5/c1-16-5(7(13)14)4-11-8(15)10-3-2-6(9)12/h5H,2-4H2,1H3,(H2,9,12)(H,13,14)(H2,10,11,15). The molecule has 0 radical (unpaired) electrons. The number of nitrogens with one attached hydrogen (secondary N) is 2. The van der Waals surface area contributed by atoms with Gasteiger partial charge in [0.25, 0.3) is 0 Å². The largest absolute Gasteiger partial charge is 0.479 e. The van der Waals surface area contributed by atoms with Crippen molar-refractivity contribution in [1.82, 2.24) is 10.6 Å². The highest BCUT2D eigenvalue weighted by Crippen LogP contribution is 1.87. The van der Waals surface area contributed by atoms with Crippen LogP contribution in [0, 0.1) is 0 Å². The molecule has 0 fully saturated rings. The number of carbonyl (C=O) groups is 3. The average molecular weight is 233 g/mol. The van der Waals surface area contributed by atoms with Gasteiger partial charge in [0.15, 0.2) is 6.10 Å². The summed E-state index contributed by atoms with van der Waals surface area (Å²) in [7, 11) is 1.23. The van der Waals surface area contributed by atoms with Gasteiger partial charge >= 0.3 is 12.0 Å². The number of rotatable bonds is 7. The van der Waals surface area contributed by atoms with E-state index in [2.05, 4.69) is 15.4 Å². The zero-order valence-corrected chi connectivity index (χ0v) is 8.86. The minimum Gasteiger partial charge on any atom is -0.479 e. The number of hydrogen-bond acceptors (Lipinski definition) is 4. The number of methoxy groups -OCH3 is 1. The molecule has 1 unspecified atom stereocenters. The maximum Gasteiger partial charge on any atom is 0.334 e. The van der Waals surface area contributed by atoms with Crippen LogP contribution < -0.4 is 16.4 Å². The Morgan fingerprint density at radius 2 is 2.00 bits per heavy atom. The van der Waals surface area contributed by atoms with Crippen LogP contribution in [0.1, 0.15) is 6.42 Å². The summed E-state index contributed by atoms with van der Waals surface area (Å²) in [5.41, 5.74) is 4.85. The zero-order valence-electron chi connectivity index (χ0n) is 8.86. The number of ether oxygens (including phenoxy) is 1. The van der Waals surface area contributed by atoms with E-state index in [1.807, 2.05) is 0 Å². The third kappa shape index (κ3) is 6.60. The Balaban J connectivity index is 3.71. The average Bonchev–Trinajstić information content (AvgIpc) is 2.17. The molecule has 16 heavy (non-hydrogen) atoms. The summed E-state index contributed by atoms with van der Waals surface area (Å²) in [5, 5.41) is 13.2. The van der Waals surface area contributed by atoms with Crippen molar-refractivity contribution in [3.63, 3.8) is 0 Å². The van der Waals surface area contributed by atoms with E-state index >= 15 is 0 Å². The monoisotopic (exact) mass is 233 g/mol. The first-order valence-corrected chi connectivity index (χ1v) is 4.53. The number of primary amides is 1. The van der Waals surface area contributed by atoms with Crippen LogP contribution in [0.4, 0.5) is 4.79 Å². The van der Waals surface area contributed by atoms with Gasteiger partial charge in [-0.1, -0.05) is 0 Å². The lowest BCUT2D eigenvalue weighted by molar-refractivity contribution is -0.148. The van der Waals surface area contributed by atoms with Gasteiger partial charge in [-0.2, -0.15) is 0 Å². The molecule has 8 heteroatoms. The van der Waals surface area contributed by atoms with Crippen molar-refractivity contribution in [2.75, 3.05) is 20.2 Å². The van der Waals surface area contributed by atoms with Crippen molar-refractivity contribution in [3.05, 3.63) is 0 Å². The van der Waals surface area contributed by atoms with Crippen LogP contribution in [0.3, 0.4) is 0 Å². The van der Waals surface area contributed by atoms with Crippen molar-refractivity contribution >= 4 is 17.9 Å². The number of carboxylic acids is 1. The number of urea groups is 1. The van der Waals surface area contributed by atoms with E-state index < -0.39 is 24.0 Å². The van der Waals surface area contributed by atoms with Crippen molar-refractivity contribution in [1.29, 1.82) is 0 Å². The van der Waals surface area contributed by atoms with Crippen LogP contribution in [0.25, 0.3) is 0 Å². The molecule has 0 saturated heterocycles. The maximum atomic E-state index is 11.0. The predicted molar refractivity (Wildman–Crippen MR) is 53.6 cm³/mol. The topological polar surface area (TPSA) is 131 Å². The Bertz CT molecular complexity index is 268. The molecule has 0 aromatic carbocycles. The van der Waals surface area contributed by atoms with Gasteiger partial charge < -0.3 is 26.2 Å². The molecule has 0 heterocycles. The molecule has 92 valence electrons. The Hall–Kier alpha value is -1.83. The first kappa shape index (κ1) is 14.2. The number of carbonyl (C=O) groups excluding carboxylic acids is 2. The Morgan fingerprint density at radius 3 is 2.44 bits per heavy atom. The third-order valence-electron chi connectivity index (χ3n) is 1.66. The zero-order chi connectivity index (χ0) is 12.6. The van der Waals surface area contributed by atoms with Crippen LogP contribution in [0.5, 0.6) is 0 Å². The van der Waals surface area contributed by atoms with Gasteiger partial charge in [-0.3, -0.25) is 4.79 Å². The molecular formula is C8H15N3O5. The smallest absolute Gasteiger partial charge is 0.334 e. The second-order valence-corrected chi connectivity index (χ2v) is 2.92. The van der Waals surface area contributed by atoms with Crippen molar-refractivity contribution < 1.29 is 24.2 Å². The van der Waals surface area contributed by atoms with Crippen LogP contribution in [0.2, 0.25) is 0 Å². The van der Waals surface area contributed by atoms with Gasteiger partial charge in [0.2, 0.25) is 5.91 Å². The quantitative estimate of drug-likeness (QED) is 0.414. The highest BCUT2D eigenvalue weighted by atomic mass is 16.5. The SMILES string of the molecule is COC(CNC(=O)NCCC(N)=O)C(=O)O. The molecule has 1 atom stereocenters. The lowest BCUT2D eigenvalue weighted by Crippen LogP contribution is -2.43. The number of aliphatic carboxylic acids is 1. The fraction of sp³-hybridized carbons (Fsp3) is 0.625. The molecule has 0 aromatic heterocycles. The Kier molecular flexibility index (Phi) is 6.61. The fourth-order valence-electron chi connectivity index (χ4n) is 0.819. The second-order valence-electron chi connectivity index (χ2n) is 2.92. The molecule has 0 aliphatic heterocycles. The van der Waals surface area contributed by atoms with Gasteiger partial charge in [-0.25, -0.2) is 9.59 Å². The summed E-state index contributed by atoms with van der Waals surface area (Å²) in [4.78, 5) is 31.9. The molecule has 0 aliphatic carbocycles. The Morgan fingerprint density at radius 1 is 1.38 bits per heavy atom. The summed E-state index contributed by atoms with van der Waals surface area (Å²) in [6.07, 6.45) is -1.07. The third-order valence-corrected chi connectivity index (χ3v) is 1.66. The van der Waals surface area contributed by atoms with E-state index in [1.54, 1.807) is 0 Å². The van der Waals surface area contributed by atoms with Crippen LogP contribution >= 0.6 is 0 Å². The highest BCUT2D eigenvalue weighted by Gasteiger charge is 2.16. The molecule has 0 saturated carbocycles. The van der Waals surface area contributed by atoms with E-state index in [0.717, 1.165) is 0 Å². The van der Waals surface area contributed by atoms with Gasteiger partial charge in [-0.15, -0.1) is 0 Å². The van der Waals surface area contributed by atoms with E-state index in [9.17, 15) is 14.4 Å². The first-order chi connectivity index (χ1) is 7.47. The first-order valence-electron chi connectivity index (χ1n) is 4.53. The second kappa shape index (κ2) is 7.46. The normalized spacial score (nSPS) is 11.6. The van der Waals surface area contributed by atoms with E-state index in [1.165, 1.54) is 7.11 Å². The summed E-state index contributed by atoms with van der Waals surface area (Å²) in [6, 6.07) is -0.579. The molecule has 0 spiro atoms. The summed E-state index contributed by atoms with van der Waals surface area (Å²) < 4.78 is 4.59. The number of amides is 3. The van der Waals surface area contributed by atoms with Crippen LogP contribution in [-0.2, 0) is 14.3 Å². The minimum absolute atomic E-state index is 0.0278. The molecule has 5 N–H and O–H groups in total. The van der Waals surface area contributed by atoms with E-state index in [4.69, 9.17) is 10.8 Å². The van der Waals surface area contributed by atoms with Crippen LogP contribution in [0.15, 0.2) is 0 Å². The molecule has 0 aromatic rings. The summed E-state index contributed by atoms with van der Waals surface area (Å²) in [6.45, 7) is -0.0554. The van der Waals surface area contributed by atoms with E-state index in [-0.39, 0.29) is 19.5 Å². The predicted octanol–water partition coefficient (Wildman–Crippen LogP) is -1.74. The molecule has 0 bridgehead atoms. The molecular weight excluding hydrogens is 218 g/mol. The molecule has 3 amide bonds. The fourth-order valence-corrected chi connectivity index (χ4v) is 0.819. The van der Waals surface area contributed by atoms with Crippen molar-refractivity contribution in [2.45, 2.75) is 12.5 Å². The molecule has 8 nitrogen and oxygen atoms in total. The molecule has 0 rings (SSSR count). The number of carboxylic acid groups (broad SMARTS) is 1. The number of nitrogens with two attached hydrogens (primary N) is 1. The van der Waals surface area contributed by atoms with Crippen LogP contribution in [-0.4, -0.2) is 49.3 Å². The van der Waals surface area contributed by atoms with Crippen molar-refractivity contribution in [2.24, 2.45) is 5.73 Å². The summed E-state index contributed by atoms with van der Waals surface area (Å²) in [5.74, 6) is -1.69. The summed E-state index contributed by atoms with van der Waals surface area (Å²) >= 11 is 0. The maximum absolute atomic E-state index is 11.0. The van der Waals surface area contributed by atoms with Gasteiger partial charge in [0.1, 0.15) is 0 Å². The highest BCUT2D eigenvalue weighted by molar-refractivity contribution is 5.78. The number of hydrogen-bond donors (Lipinski definition) is 4.